The lowest BCUT2D eigenvalue weighted by Crippen LogP contribution is -2.46. The van der Waals surface area contributed by atoms with Crippen molar-refractivity contribution in [2.75, 3.05) is 32.8 Å². The van der Waals surface area contributed by atoms with Gasteiger partial charge in [-0.25, -0.2) is 0 Å². The molecular weight excluding hydrogens is 290 g/mol. The Balaban J connectivity index is 1.58. The van der Waals surface area contributed by atoms with E-state index in [2.05, 4.69) is 33.4 Å². The number of hydrogen-bond acceptors (Lipinski definition) is 5. The number of ether oxygens (including phenoxy) is 1. The standard InChI is InChI=1S/C17H25N5O/c1-3-22-8-9-23-16(13-22)11-19-10-15-12-21(2)20-17(15)14-4-6-18-7-5-14/h4-7,12,16,19H,3,8-11,13H2,1-2H3. The molecule has 0 spiro atoms. The molecule has 1 fully saturated rings. The highest BCUT2D eigenvalue weighted by atomic mass is 16.5. The molecule has 0 amide bonds. The van der Waals surface area contributed by atoms with Gasteiger partial charge >= 0.3 is 0 Å². The molecule has 3 rings (SSSR count). The first-order valence-electron chi connectivity index (χ1n) is 8.24. The molecule has 0 aromatic carbocycles. The van der Waals surface area contributed by atoms with Crippen molar-refractivity contribution in [2.24, 2.45) is 7.05 Å². The van der Waals surface area contributed by atoms with Crippen LogP contribution in [0.1, 0.15) is 12.5 Å². The quantitative estimate of drug-likeness (QED) is 0.870. The van der Waals surface area contributed by atoms with Gasteiger partial charge in [0.15, 0.2) is 0 Å². The number of aryl methyl sites for hydroxylation is 1. The van der Waals surface area contributed by atoms with E-state index in [4.69, 9.17) is 4.74 Å². The molecule has 0 bridgehead atoms. The number of pyridine rings is 1. The van der Waals surface area contributed by atoms with Gasteiger partial charge in [-0.3, -0.25) is 14.6 Å². The highest BCUT2D eigenvalue weighted by Crippen LogP contribution is 2.20. The summed E-state index contributed by atoms with van der Waals surface area (Å²) in [6, 6.07) is 3.99. The summed E-state index contributed by atoms with van der Waals surface area (Å²) in [4.78, 5) is 6.51. The number of hydrogen-bond donors (Lipinski definition) is 1. The molecule has 6 heteroatoms. The highest BCUT2D eigenvalue weighted by Gasteiger charge is 2.19. The van der Waals surface area contributed by atoms with Gasteiger partial charge in [0.05, 0.1) is 18.4 Å². The Kier molecular flexibility index (Phi) is 5.38. The third kappa shape index (κ3) is 4.16. The zero-order valence-electron chi connectivity index (χ0n) is 13.9. The first kappa shape index (κ1) is 16.1. The maximum absolute atomic E-state index is 5.83. The van der Waals surface area contributed by atoms with Crippen molar-refractivity contribution >= 4 is 0 Å². The topological polar surface area (TPSA) is 55.2 Å². The number of nitrogens with one attached hydrogen (secondary N) is 1. The van der Waals surface area contributed by atoms with Gasteiger partial charge in [0.25, 0.3) is 0 Å². The Hall–Kier alpha value is -1.76. The van der Waals surface area contributed by atoms with Crippen LogP contribution in [0.15, 0.2) is 30.7 Å². The molecule has 2 aromatic heterocycles. The van der Waals surface area contributed by atoms with Crippen molar-refractivity contribution in [3.05, 3.63) is 36.3 Å². The summed E-state index contributed by atoms with van der Waals surface area (Å²) in [5, 5.41) is 8.10. The van der Waals surface area contributed by atoms with Gasteiger partial charge in [0.2, 0.25) is 0 Å². The average Bonchev–Trinajstić information content (AvgIpc) is 2.96. The Bertz CT molecular complexity index is 613. The van der Waals surface area contributed by atoms with Gasteiger partial charge in [-0.05, 0) is 18.7 Å². The van der Waals surface area contributed by atoms with Crippen LogP contribution in [-0.4, -0.2) is 58.6 Å². The van der Waals surface area contributed by atoms with E-state index in [9.17, 15) is 0 Å². The van der Waals surface area contributed by atoms with E-state index in [1.54, 1.807) is 12.4 Å². The third-order valence-electron chi connectivity index (χ3n) is 4.22. The number of rotatable bonds is 6. The maximum Gasteiger partial charge on any atom is 0.0969 e. The fourth-order valence-corrected chi connectivity index (χ4v) is 2.98. The van der Waals surface area contributed by atoms with Crippen LogP contribution in [0.5, 0.6) is 0 Å². The molecule has 1 aliphatic rings. The van der Waals surface area contributed by atoms with Gasteiger partial charge in [-0.15, -0.1) is 0 Å². The van der Waals surface area contributed by atoms with Crippen molar-refractivity contribution in [1.82, 2.24) is 25.0 Å². The Morgan fingerprint density at radius 1 is 1.35 bits per heavy atom. The molecule has 0 saturated carbocycles. The summed E-state index contributed by atoms with van der Waals surface area (Å²) in [6.07, 6.45) is 5.94. The van der Waals surface area contributed by atoms with E-state index >= 15 is 0 Å². The summed E-state index contributed by atoms with van der Waals surface area (Å²) in [5.41, 5.74) is 3.31. The molecule has 1 unspecified atom stereocenters. The number of likely N-dealkylation sites (N-methyl/N-ethyl adjacent to an activating group) is 1. The number of aromatic nitrogens is 3. The minimum atomic E-state index is 0.268. The Morgan fingerprint density at radius 3 is 2.96 bits per heavy atom. The summed E-state index contributed by atoms with van der Waals surface area (Å²) < 4.78 is 7.70. The second-order valence-electron chi connectivity index (χ2n) is 5.93. The van der Waals surface area contributed by atoms with Gasteiger partial charge < -0.3 is 10.1 Å². The van der Waals surface area contributed by atoms with E-state index in [-0.39, 0.29) is 6.10 Å². The molecule has 1 atom stereocenters. The van der Waals surface area contributed by atoms with Crippen molar-refractivity contribution < 1.29 is 4.74 Å². The van der Waals surface area contributed by atoms with Gasteiger partial charge in [0, 0.05) is 62.9 Å². The summed E-state index contributed by atoms with van der Waals surface area (Å²) in [5.74, 6) is 0. The van der Waals surface area contributed by atoms with Crippen LogP contribution < -0.4 is 5.32 Å². The van der Waals surface area contributed by atoms with E-state index in [1.807, 2.05) is 23.9 Å². The predicted molar refractivity (Wildman–Crippen MR) is 90.0 cm³/mol. The summed E-state index contributed by atoms with van der Waals surface area (Å²) in [6.45, 7) is 7.82. The fraction of sp³-hybridized carbons (Fsp3) is 0.529. The Morgan fingerprint density at radius 2 is 2.17 bits per heavy atom. The van der Waals surface area contributed by atoms with E-state index in [1.165, 1.54) is 5.56 Å². The predicted octanol–water partition coefficient (Wildman–Crippen LogP) is 1.29. The monoisotopic (exact) mass is 315 g/mol. The Labute approximate surface area is 137 Å². The molecule has 124 valence electrons. The SMILES string of the molecule is CCN1CCOC(CNCc2cn(C)nc2-c2ccncc2)C1. The van der Waals surface area contributed by atoms with E-state index in [0.29, 0.717) is 0 Å². The first-order valence-corrected chi connectivity index (χ1v) is 8.24. The molecule has 2 aromatic rings. The fourth-order valence-electron chi connectivity index (χ4n) is 2.98. The van der Waals surface area contributed by atoms with Crippen LogP contribution in [0.4, 0.5) is 0 Å². The van der Waals surface area contributed by atoms with Crippen molar-refractivity contribution in [1.29, 1.82) is 0 Å². The number of morpholine rings is 1. The molecule has 3 heterocycles. The van der Waals surface area contributed by atoms with Crippen molar-refractivity contribution in [3.8, 4) is 11.3 Å². The first-order chi connectivity index (χ1) is 11.3. The van der Waals surface area contributed by atoms with E-state index < -0.39 is 0 Å². The molecule has 0 aliphatic carbocycles. The zero-order chi connectivity index (χ0) is 16.1. The van der Waals surface area contributed by atoms with Crippen molar-refractivity contribution in [3.63, 3.8) is 0 Å². The van der Waals surface area contributed by atoms with Crippen LogP contribution in [-0.2, 0) is 18.3 Å². The van der Waals surface area contributed by atoms with Gasteiger partial charge in [-0.1, -0.05) is 6.92 Å². The van der Waals surface area contributed by atoms with Gasteiger partial charge in [0.1, 0.15) is 0 Å². The third-order valence-corrected chi connectivity index (χ3v) is 4.22. The van der Waals surface area contributed by atoms with Crippen LogP contribution in [0.25, 0.3) is 11.3 Å². The van der Waals surface area contributed by atoms with Crippen molar-refractivity contribution in [2.45, 2.75) is 19.6 Å². The zero-order valence-corrected chi connectivity index (χ0v) is 13.9. The average molecular weight is 315 g/mol. The van der Waals surface area contributed by atoms with Gasteiger partial charge in [-0.2, -0.15) is 5.10 Å². The molecule has 1 saturated heterocycles. The molecule has 6 nitrogen and oxygen atoms in total. The summed E-state index contributed by atoms with van der Waals surface area (Å²) >= 11 is 0. The molecule has 0 radical (unpaired) electrons. The maximum atomic E-state index is 5.83. The smallest absolute Gasteiger partial charge is 0.0969 e. The lowest BCUT2D eigenvalue weighted by molar-refractivity contribution is -0.0253. The minimum Gasteiger partial charge on any atom is -0.374 e. The molecule has 1 aliphatic heterocycles. The highest BCUT2D eigenvalue weighted by molar-refractivity contribution is 5.61. The number of nitrogens with zero attached hydrogens (tertiary/aromatic N) is 4. The molecule has 1 N–H and O–H groups in total. The second kappa shape index (κ2) is 7.68. The van der Waals surface area contributed by atoms with Crippen LogP contribution in [0.3, 0.4) is 0 Å². The van der Waals surface area contributed by atoms with Crippen LogP contribution in [0, 0.1) is 0 Å². The summed E-state index contributed by atoms with van der Waals surface area (Å²) in [7, 11) is 1.96. The van der Waals surface area contributed by atoms with Crippen LogP contribution >= 0.6 is 0 Å². The lowest BCUT2D eigenvalue weighted by Gasteiger charge is -2.32. The molecule has 23 heavy (non-hydrogen) atoms. The van der Waals surface area contributed by atoms with E-state index in [0.717, 1.165) is 50.6 Å². The minimum absolute atomic E-state index is 0.268. The normalized spacial score (nSPS) is 19.1. The molecular formula is C17H25N5O. The van der Waals surface area contributed by atoms with Crippen LogP contribution in [0.2, 0.25) is 0 Å². The largest absolute Gasteiger partial charge is 0.374 e. The lowest BCUT2D eigenvalue weighted by atomic mass is 10.1. The second-order valence-corrected chi connectivity index (χ2v) is 5.93.